The minimum Gasteiger partial charge on any atom is -0.460 e. The zero-order chi connectivity index (χ0) is 21.1. The maximum Gasteiger partial charge on any atom is 0.337 e. The zero-order valence-electron chi connectivity index (χ0n) is 16.1. The highest BCUT2D eigenvalue weighted by atomic mass is 16.5. The van der Waals surface area contributed by atoms with Crippen molar-refractivity contribution in [2.75, 3.05) is 0 Å². The second-order valence-electron chi connectivity index (χ2n) is 6.63. The Balaban J connectivity index is 1.68. The molecular formula is C23H17N3O4. The molecule has 0 unspecified atom stereocenters. The van der Waals surface area contributed by atoms with Crippen LogP contribution in [0.3, 0.4) is 0 Å². The second-order valence-corrected chi connectivity index (χ2v) is 6.63. The molecule has 30 heavy (non-hydrogen) atoms. The van der Waals surface area contributed by atoms with Crippen molar-refractivity contribution in [1.29, 1.82) is 5.26 Å². The maximum atomic E-state index is 12.5. The van der Waals surface area contributed by atoms with Crippen molar-refractivity contribution in [3.8, 4) is 23.2 Å². The van der Waals surface area contributed by atoms with Crippen LogP contribution in [0.2, 0.25) is 0 Å². The molecule has 0 spiro atoms. The summed E-state index contributed by atoms with van der Waals surface area (Å²) in [7, 11) is 0. The summed E-state index contributed by atoms with van der Waals surface area (Å²) in [6, 6.07) is 18.3. The number of hydrogen-bond donors (Lipinski definition) is 1. The quantitative estimate of drug-likeness (QED) is 0.550. The predicted octanol–water partition coefficient (Wildman–Crippen LogP) is 3.56. The molecule has 0 fully saturated rings. The summed E-state index contributed by atoms with van der Waals surface area (Å²) in [5.41, 5.74) is 2.73. The third-order valence-electron chi connectivity index (χ3n) is 4.74. The highest BCUT2D eigenvalue weighted by Gasteiger charge is 2.13. The lowest BCUT2D eigenvalue weighted by Crippen LogP contribution is -2.15. The molecule has 7 heteroatoms. The number of benzene rings is 2. The van der Waals surface area contributed by atoms with Gasteiger partial charge in [0, 0.05) is 6.07 Å². The Kier molecular flexibility index (Phi) is 5.14. The normalized spacial score (nSPS) is 10.7. The Bertz CT molecular complexity index is 1400. The predicted molar refractivity (Wildman–Crippen MR) is 111 cm³/mol. The molecular weight excluding hydrogens is 382 g/mol. The van der Waals surface area contributed by atoms with E-state index in [0.717, 1.165) is 16.7 Å². The summed E-state index contributed by atoms with van der Waals surface area (Å²) in [4.78, 5) is 31.0. The number of rotatable bonds is 5. The van der Waals surface area contributed by atoms with E-state index in [2.05, 4.69) is 16.0 Å². The van der Waals surface area contributed by atoms with Gasteiger partial charge in [0.2, 0.25) is 5.71 Å². The Hall–Kier alpha value is -4.18. The van der Waals surface area contributed by atoms with Gasteiger partial charge in [-0.2, -0.15) is 10.2 Å². The number of nitrogens with one attached hydrogen (secondary N) is 1. The van der Waals surface area contributed by atoms with Crippen molar-refractivity contribution in [3.63, 3.8) is 0 Å². The first-order chi connectivity index (χ1) is 14.6. The van der Waals surface area contributed by atoms with Crippen LogP contribution in [0, 0.1) is 11.3 Å². The van der Waals surface area contributed by atoms with Gasteiger partial charge in [-0.25, -0.2) is 4.79 Å². The SMILES string of the molecule is CCc1cc(=O)oc2nc(OCc3ccccc3-c3cccc(C#N)c3)[nH]c(=O)c12. The molecule has 2 aromatic heterocycles. The summed E-state index contributed by atoms with van der Waals surface area (Å²) in [6.45, 7) is 1.97. The minimum absolute atomic E-state index is 0.0375. The molecule has 7 nitrogen and oxygen atoms in total. The molecule has 148 valence electrons. The highest BCUT2D eigenvalue weighted by Crippen LogP contribution is 2.25. The Morgan fingerprint density at radius 1 is 1.10 bits per heavy atom. The van der Waals surface area contributed by atoms with Crippen LogP contribution in [0.4, 0.5) is 0 Å². The number of H-pyrrole nitrogens is 1. The monoisotopic (exact) mass is 399 g/mol. The number of hydrogen-bond acceptors (Lipinski definition) is 6. The van der Waals surface area contributed by atoms with E-state index in [9.17, 15) is 9.59 Å². The van der Waals surface area contributed by atoms with Crippen molar-refractivity contribution < 1.29 is 9.15 Å². The van der Waals surface area contributed by atoms with Crippen LogP contribution in [-0.2, 0) is 13.0 Å². The third kappa shape index (κ3) is 3.71. The number of nitriles is 1. The maximum absolute atomic E-state index is 12.5. The van der Waals surface area contributed by atoms with Gasteiger partial charge >= 0.3 is 5.63 Å². The lowest BCUT2D eigenvalue weighted by Gasteiger charge is -2.11. The van der Waals surface area contributed by atoms with Gasteiger partial charge in [-0.15, -0.1) is 0 Å². The van der Waals surface area contributed by atoms with E-state index in [-0.39, 0.29) is 23.7 Å². The van der Waals surface area contributed by atoms with Crippen LogP contribution in [0.1, 0.15) is 23.6 Å². The van der Waals surface area contributed by atoms with E-state index in [1.54, 1.807) is 12.1 Å². The summed E-state index contributed by atoms with van der Waals surface area (Å²) in [6.07, 6.45) is 0.502. The van der Waals surface area contributed by atoms with Crippen LogP contribution in [0.15, 0.2) is 68.6 Å². The van der Waals surface area contributed by atoms with E-state index < -0.39 is 11.2 Å². The van der Waals surface area contributed by atoms with E-state index in [1.807, 2.05) is 43.3 Å². The lowest BCUT2D eigenvalue weighted by molar-refractivity contribution is 0.280. The molecule has 0 saturated heterocycles. The summed E-state index contributed by atoms with van der Waals surface area (Å²) in [5.74, 6) is 0. The van der Waals surface area contributed by atoms with Crippen LogP contribution >= 0.6 is 0 Å². The van der Waals surface area contributed by atoms with Gasteiger partial charge in [0.15, 0.2) is 0 Å². The zero-order valence-corrected chi connectivity index (χ0v) is 16.1. The van der Waals surface area contributed by atoms with Gasteiger partial charge in [-0.05, 0) is 40.8 Å². The topological polar surface area (TPSA) is 109 Å². The van der Waals surface area contributed by atoms with Crippen LogP contribution < -0.4 is 15.9 Å². The number of aryl methyl sites for hydroxylation is 1. The van der Waals surface area contributed by atoms with Gasteiger partial charge < -0.3 is 9.15 Å². The largest absolute Gasteiger partial charge is 0.460 e. The van der Waals surface area contributed by atoms with Crippen molar-refractivity contribution in [2.45, 2.75) is 20.0 Å². The molecule has 0 aliphatic rings. The number of aromatic nitrogens is 2. The van der Waals surface area contributed by atoms with Gasteiger partial charge in [0.05, 0.1) is 11.6 Å². The molecule has 4 aromatic rings. The van der Waals surface area contributed by atoms with Gasteiger partial charge in [-0.1, -0.05) is 43.3 Å². The molecule has 0 atom stereocenters. The van der Waals surface area contributed by atoms with Crippen molar-refractivity contribution in [2.24, 2.45) is 0 Å². The van der Waals surface area contributed by atoms with E-state index >= 15 is 0 Å². The molecule has 0 radical (unpaired) electrons. The number of nitrogens with zero attached hydrogens (tertiary/aromatic N) is 2. The molecule has 0 amide bonds. The fraction of sp³-hybridized carbons (Fsp3) is 0.130. The number of ether oxygens (including phenoxy) is 1. The van der Waals surface area contributed by atoms with Gasteiger partial charge in [0.25, 0.3) is 11.6 Å². The molecule has 0 aliphatic carbocycles. The first-order valence-corrected chi connectivity index (χ1v) is 9.37. The average Bonchev–Trinajstić information content (AvgIpc) is 2.77. The first-order valence-electron chi connectivity index (χ1n) is 9.37. The number of aromatic amines is 1. The standard InChI is InChI=1S/C23H17N3O4/c1-2-15-11-19(27)30-22-20(15)21(28)25-23(26-22)29-13-17-7-3-4-9-18(17)16-8-5-6-14(10-16)12-24/h3-11H,2,13H2,1H3,(H,25,26,28). The van der Waals surface area contributed by atoms with E-state index in [4.69, 9.17) is 14.4 Å². The second kappa shape index (κ2) is 8.05. The van der Waals surface area contributed by atoms with E-state index in [0.29, 0.717) is 17.5 Å². The van der Waals surface area contributed by atoms with Crippen LogP contribution in [0.25, 0.3) is 22.2 Å². The lowest BCUT2D eigenvalue weighted by atomic mass is 9.99. The molecule has 2 heterocycles. The van der Waals surface area contributed by atoms with E-state index in [1.165, 1.54) is 6.07 Å². The molecule has 0 aliphatic heterocycles. The molecule has 4 rings (SSSR count). The third-order valence-corrected chi connectivity index (χ3v) is 4.74. The number of fused-ring (bicyclic) bond motifs is 1. The minimum atomic E-state index is -0.564. The summed E-state index contributed by atoms with van der Waals surface area (Å²) in [5, 5.41) is 9.40. The molecule has 1 N–H and O–H groups in total. The van der Waals surface area contributed by atoms with Crippen molar-refractivity contribution >= 4 is 11.1 Å². The molecule has 2 aromatic carbocycles. The highest BCUT2D eigenvalue weighted by molar-refractivity contribution is 5.75. The fourth-order valence-corrected chi connectivity index (χ4v) is 3.31. The van der Waals surface area contributed by atoms with Crippen LogP contribution in [0.5, 0.6) is 6.01 Å². The van der Waals surface area contributed by atoms with Crippen molar-refractivity contribution in [3.05, 3.63) is 92.1 Å². The smallest absolute Gasteiger partial charge is 0.337 e. The van der Waals surface area contributed by atoms with Gasteiger partial charge in [0.1, 0.15) is 12.0 Å². The molecule has 0 bridgehead atoms. The summed E-state index contributed by atoms with van der Waals surface area (Å²) >= 11 is 0. The average molecular weight is 399 g/mol. The first kappa shape index (κ1) is 19.2. The van der Waals surface area contributed by atoms with Gasteiger partial charge in [-0.3, -0.25) is 9.78 Å². The Morgan fingerprint density at radius 3 is 2.73 bits per heavy atom. The summed E-state index contributed by atoms with van der Waals surface area (Å²) < 4.78 is 10.8. The fourth-order valence-electron chi connectivity index (χ4n) is 3.31. The van der Waals surface area contributed by atoms with Crippen molar-refractivity contribution in [1.82, 2.24) is 9.97 Å². The Labute approximate surface area is 171 Å². The Morgan fingerprint density at radius 2 is 1.93 bits per heavy atom. The van der Waals surface area contributed by atoms with Crippen LogP contribution in [-0.4, -0.2) is 9.97 Å². The molecule has 0 saturated carbocycles.